The van der Waals surface area contributed by atoms with Crippen molar-refractivity contribution in [2.45, 2.75) is 64.1 Å². The van der Waals surface area contributed by atoms with Crippen LogP contribution in [-0.2, 0) is 6.42 Å². The Morgan fingerprint density at radius 2 is 1.96 bits per heavy atom. The van der Waals surface area contributed by atoms with Crippen LogP contribution in [0.25, 0.3) is 0 Å². The second-order valence-electron chi connectivity index (χ2n) is 6.83. The first-order valence-corrected chi connectivity index (χ1v) is 8.39. The van der Waals surface area contributed by atoms with E-state index < -0.39 is 24.0 Å². The number of hydrogen-bond donors (Lipinski definition) is 2. The summed E-state index contributed by atoms with van der Waals surface area (Å²) in [6.45, 7) is 1.72. The molecule has 1 aromatic rings. The van der Waals surface area contributed by atoms with Crippen LogP contribution in [0, 0.1) is 12.8 Å². The van der Waals surface area contributed by atoms with Gasteiger partial charge < -0.3 is 10.3 Å². The van der Waals surface area contributed by atoms with Gasteiger partial charge in [0.2, 0.25) is 0 Å². The van der Waals surface area contributed by atoms with Crippen LogP contribution < -0.4 is 5.32 Å². The van der Waals surface area contributed by atoms with Crippen molar-refractivity contribution in [3.05, 3.63) is 22.5 Å². The zero-order valence-electron chi connectivity index (χ0n) is 13.6. The minimum atomic E-state index is -4.21. The quantitative estimate of drug-likeness (QED) is 0.861. The lowest BCUT2D eigenvalue weighted by Crippen LogP contribution is -2.41. The fourth-order valence-corrected chi connectivity index (χ4v) is 3.88. The van der Waals surface area contributed by atoms with Gasteiger partial charge in [0, 0.05) is 23.7 Å². The Hall–Kier alpha value is -1.79. The number of halogens is 3. The van der Waals surface area contributed by atoms with Crippen molar-refractivity contribution in [2.75, 3.05) is 0 Å². The number of aryl methyl sites for hydroxylation is 1. The first-order valence-electron chi connectivity index (χ1n) is 8.39. The van der Waals surface area contributed by atoms with Crippen LogP contribution in [0.2, 0.25) is 0 Å². The molecule has 2 aliphatic rings. The van der Waals surface area contributed by atoms with Gasteiger partial charge in [0.05, 0.1) is 5.92 Å². The van der Waals surface area contributed by atoms with E-state index in [1.54, 1.807) is 6.92 Å². The summed E-state index contributed by atoms with van der Waals surface area (Å²) in [7, 11) is 0. The molecular weight excluding hydrogens is 321 g/mol. The van der Waals surface area contributed by atoms with Crippen LogP contribution in [0.5, 0.6) is 0 Å². The number of H-pyrrole nitrogens is 1. The number of aromatic amines is 1. The zero-order chi connectivity index (χ0) is 17.5. The lowest BCUT2D eigenvalue weighted by molar-refractivity contribution is -0.183. The molecular formula is C17H21F3N2O2. The Morgan fingerprint density at radius 1 is 1.21 bits per heavy atom. The molecule has 0 bridgehead atoms. The molecule has 1 saturated carbocycles. The maximum Gasteiger partial charge on any atom is 0.391 e. The molecule has 0 spiro atoms. The van der Waals surface area contributed by atoms with Crippen molar-refractivity contribution in [1.82, 2.24) is 10.3 Å². The smallest absolute Gasteiger partial charge is 0.354 e. The predicted octanol–water partition coefficient (Wildman–Crippen LogP) is 3.69. The summed E-state index contributed by atoms with van der Waals surface area (Å²) in [4.78, 5) is 27.5. The van der Waals surface area contributed by atoms with Crippen LogP contribution >= 0.6 is 0 Å². The number of nitrogens with one attached hydrogen (secondary N) is 2. The van der Waals surface area contributed by atoms with E-state index in [4.69, 9.17) is 0 Å². The van der Waals surface area contributed by atoms with Crippen molar-refractivity contribution in [3.63, 3.8) is 0 Å². The molecule has 3 rings (SSSR count). The Balaban J connectivity index is 1.73. The van der Waals surface area contributed by atoms with E-state index in [0.717, 1.165) is 18.5 Å². The molecule has 1 fully saturated rings. The van der Waals surface area contributed by atoms with Gasteiger partial charge in [-0.1, -0.05) is 6.42 Å². The van der Waals surface area contributed by atoms with E-state index >= 15 is 0 Å². The van der Waals surface area contributed by atoms with Gasteiger partial charge in [0.1, 0.15) is 5.69 Å². The summed E-state index contributed by atoms with van der Waals surface area (Å²) in [6, 6.07) is -0.478. The van der Waals surface area contributed by atoms with Crippen LogP contribution in [0.4, 0.5) is 13.2 Å². The first-order chi connectivity index (χ1) is 11.3. The molecule has 4 nitrogen and oxygen atoms in total. The van der Waals surface area contributed by atoms with Crippen molar-refractivity contribution in [3.8, 4) is 0 Å². The normalized spacial score (nSPS) is 24.6. The summed E-state index contributed by atoms with van der Waals surface area (Å²) < 4.78 is 38.6. The highest BCUT2D eigenvalue weighted by atomic mass is 19.4. The highest BCUT2D eigenvalue weighted by Gasteiger charge is 2.42. The molecule has 2 aliphatic carbocycles. The molecule has 0 saturated heterocycles. The monoisotopic (exact) mass is 342 g/mol. The van der Waals surface area contributed by atoms with Crippen LogP contribution in [0.15, 0.2) is 0 Å². The standard InChI is InChI=1S/C17H21F3N2O2/c1-9-14-12(6-3-7-13(14)23)22-15(9)16(24)21-11-5-2-4-10(8-11)17(18,19)20/h10-11,22H,2-8H2,1H3,(H,21,24). The molecule has 0 aliphatic heterocycles. The third-order valence-electron chi connectivity index (χ3n) is 5.14. The number of alkyl halides is 3. The number of fused-ring (bicyclic) bond motifs is 1. The number of carbonyl (C=O) groups excluding carboxylic acids is 2. The number of ketones is 1. The molecule has 2 atom stereocenters. The average molecular weight is 342 g/mol. The minimum Gasteiger partial charge on any atom is -0.354 e. The largest absolute Gasteiger partial charge is 0.391 e. The molecule has 1 amide bonds. The summed E-state index contributed by atoms with van der Waals surface area (Å²) >= 11 is 0. The van der Waals surface area contributed by atoms with E-state index in [2.05, 4.69) is 10.3 Å². The van der Waals surface area contributed by atoms with Crippen molar-refractivity contribution >= 4 is 11.7 Å². The number of carbonyl (C=O) groups is 2. The van der Waals surface area contributed by atoms with Gasteiger partial charge in [0.25, 0.3) is 5.91 Å². The highest BCUT2D eigenvalue weighted by Crippen LogP contribution is 2.37. The number of Topliss-reactive ketones (excluding diaryl/α,β-unsaturated/α-hetero) is 1. The Labute approximate surface area is 138 Å². The van der Waals surface area contributed by atoms with Crippen LogP contribution in [-0.4, -0.2) is 28.9 Å². The van der Waals surface area contributed by atoms with Gasteiger partial charge in [0.15, 0.2) is 5.78 Å². The number of rotatable bonds is 2. The van der Waals surface area contributed by atoms with E-state index in [-0.39, 0.29) is 18.6 Å². The topological polar surface area (TPSA) is 62.0 Å². The molecule has 0 aromatic carbocycles. The fourth-order valence-electron chi connectivity index (χ4n) is 3.88. The van der Waals surface area contributed by atoms with Crippen LogP contribution in [0.1, 0.15) is 70.6 Å². The van der Waals surface area contributed by atoms with Crippen LogP contribution in [0.3, 0.4) is 0 Å². The van der Waals surface area contributed by atoms with Crippen molar-refractivity contribution in [1.29, 1.82) is 0 Å². The molecule has 2 unspecified atom stereocenters. The van der Waals surface area contributed by atoms with E-state index in [1.807, 2.05) is 0 Å². The minimum absolute atomic E-state index is 0.0267. The van der Waals surface area contributed by atoms with Crippen molar-refractivity contribution in [2.24, 2.45) is 5.92 Å². The Morgan fingerprint density at radius 3 is 2.62 bits per heavy atom. The second kappa shape index (κ2) is 6.26. The maximum atomic E-state index is 12.9. The molecule has 1 heterocycles. The Bertz CT molecular complexity index is 664. The predicted molar refractivity (Wildman–Crippen MR) is 82.1 cm³/mol. The summed E-state index contributed by atoms with van der Waals surface area (Å²) in [6.07, 6.45) is -1.21. The highest BCUT2D eigenvalue weighted by molar-refractivity contribution is 6.04. The lowest BCUT2D eigenvalue weighted by Gasteiger charge is -2.31. The number of hydrogen-bond acceptors (Lipinski definition) is 2. The first kappa shape index (κ1) is 17.0. The lowest BCUT2D eigenvalue weighted by atomic mass is 9.85. The second-order valence-corrected chi connectivity index (χ2v) is 6.83. The number of amides is 1. The third-order valence-corrected chi connectivity index (χ3v) is 5.14. The summed E-state index contributed by atoms with van der Waals surface area (Å²) in [5.74, 6) is -1.74. The molecule has 2 N–H and O–H groups in total. The zero-order valence-corrected chi connectivity index (χ0v) is 13.6. The van der Waals surface area contributed by atoms with Crippen molar-refractivity contribution < 1.29 is 22.8 Å². The SMILES string of the molecule is Cc1c(C(=O)NC2CCCC(C(F)(F)F)C2)[nH]c2c1C(=O)CCC2. The van der Waals surface area contributed by atoms with Gasteiger partial charge in [-0.15, -0.1) is 0 Å². The van der Waals surface area contributed by atoms with E-state index in [9.17, 15) is 22.8 Å². The van der Waals surface area contributed by atoms with Gasteiger partial charge in [-0.05, 0) is 44.6 Å². The van der Waals surface area contributed by atoms with E-state index in [1.165, 1.54) is 0 Å². The van der Waals surface area contributed by atoms with Gasteiger partial charge in [-0.3, -0.25) is 9.59 Å². The fraction of sp³-hybridized carbons (Fsp3) is 0.647. The number of aromatic nitrogens is 1. The summed E-state index contributed by atoms with van der Waals surface area (Å²) in [5, 5.41) is 2.72. The molecule has 0 radical (unpaired) electrons. The average Bonchev–Trinajstić information content (AvgIpc) is 2.85. The summed E-state index contributed by atoms with van der Waals surface area (Å²) in [5.41, 5.74) is 2.27. The Kier molecular flexibility index (Phi) is 4.44. The molecule has 1 aromatic heterocycles. The maximum absolute atomic E-state index is 12.9. The van der Waals surface area contributed by atoms with Gasteiger partial charge in [-0.25, -0.2) is 0 Å². The molecule has 132 valence electrons. The van der Waals surface area contributed by atoms with E-state index in [0.29, 0.717) is 36.1 Å². The molecule has 7 heteroatoms. The third kappa shape index (κ3) is 3.21. The molecule has 24 heavy (non-hydrogen) atoms. The van der Waals surface area contributed by atoms with Gasteiger partial charge in [-0.2, -0.15) is 13.2 Å². The van der Waals surface area contributed by atoms with Gasteiger partial charge >= 0.3 is 6.18 Å².